The molecular formula is C26H22F3N3O4. The van der Waals surface area contributed by atoms with Crippen LogP contribution in [0.3, 0.4) is 0 Å². The van der Waals surface area contributed by atoms with Crippen LogP contribution in [-0.2, 0) is 17.5 Å². The highest BCUT2D eigenvalue weighted by Crippen LogP contribution is 2.35. The van der Waals surface area contributed by atoms with Crippen LogP contribution >= 0.6 is 0 Å². The summed E-state index contributed by atoms with van der Waals surface area (Å²) in [6.45, 7) is 1.89. The number of ether oxygens (including phenoxy) is 4. The van der Waals surface area contributed by atoms with Crippen molar-refractivity contribution in [2.24, 2.45) is 0 Å². The van der Waals surface area contributed by atoms with Crippen molar-refractivity contribution in [3.8, 4) is 17.2 Å². The molecule has 0 amide bonds. The maximum Gasteiger partial charge on any atom is 0.416 e. The summed E-state index contributed by atoms with van der Waals surface area (Å²) in [5, 5.41) is 4.03. The fourth-order valence-corrected chi connectivity index (χ4v) is 3.67. The van der Waals surface area contributed by atoms with Gasteiger partial charge in [-0.3, -0.25) is 0 Å². The fourth-order valence-electron chi connectivity index (χ4n) is 3.67. The van der Waals surface area contributed by atoms with Gasteiger partial charge in [0.05, 0.1) is 24.3 Å². The van der Waals surface area contributed by atoms with Gasteiger partial charge in [0.2, 0.25) is 0 Å². The van der Waals surface area contributed by atoms with E-state index in [1.54, 1.807) is 12.1 Å². The Morgan fingerprint density at radius 3 is 2.36 bits per heavy atom. The van der Waals surface area contributed by atoms with Gasteiger partial charge >= 0.3 is 6.18 Å². The smallest absolute Gasteiger partial charge is 0.416 e. The molecule has 0 spiro atoms. The summed E-state index contributed by atoms with van der Waals surface area (Å²) in [5.74, 6) is 2.30. The van der Waals surface area contributed by atoms with Gasteiger partial charge in [-0.25, -0.2) is 9.97 Å². The minimum Gasteiger partial charge on any atom is -0.489 e. The van der Waals surface area contributed by atoms with Crippen LogP contribution in [0, 0.1) is 0 Å². The number of hydrogen-bond acceptors (Lipinski definition) is 7. The number of anilines is 2. The third-order valence-electron chi connectivity index (χ3n) is 5.45. The van der Waals surface area contributed by atoms with Crippen molar-refractivity contribution in [3.05, 3.63) is 78.1 Å². The maximum atomic E-state index is 12.8. The van der Waals surface area contributed by atoms with Gasteiger partial charge in [0.1, 0.15) is 37.7 Å². The third-order valence-corrected chi connectivity index (χ3v) is 5.45. The van der Waals surface area contributed by atoms with Gasteiger partial charge in [-0.1, -0.05) is 18.2 Å². The lowest BCUT2D eigenvalue weighted by atomic mass is 10.1. The molecule has 4 aromatic rings. The maximum absolute atomic E-state index is 12.8. The van der Waals surface area contributed by atoms with Crippen molar-refractivity contribution < 1.29 is 32.1 Å². The van der Waals surface area contributed by atoms with E-state index in [0.717, 1.165) is 17.5 Å². The lowest BCUT2D eigenvalue weighted by Gasteiger charge is -2.14. The van der Waals surface area contributed by atoms with Crippen molar-refractivity contribution in [2.45, 2.75) is 12.8 Å². The Morgan fingerprint density at radius 2 is 1.61 bits per heavy atom. The average molecular weight is 497 g/mol. The number of nitrogens with zero attached hydrogens (tertiary/aromatic N) is 2. The van der Waals surface area contributed by atoms with Crippen LogP contribution in [-0.4, -0.2) is 36.4 Å². The van der Waals surface area contributed by atoms with Gasteiger partial charge in [0.15, 0.2) is 11.5 Å². The molecule has 1 N–H and O–H groups in total. The van der Waals surface area contributed by atoms with Crippen molar-refractivity contribution in [3.63, 3.8) is 0 Å². The summed E-state index contributed by atoms with van der Waals surface area (Å²) in [5.41, 5.74) is 1.34. The van der Waals surface area contributed by atoms with E-state index in [1.807, 2.05) is 24.3 Å². The molecule has 186 valence electrons. The number of halogens is 3. The Morgan fingerprint density at radius 1 is 0.861 bits per heavy atom. The topological polar surface area (TPSA) is 74.7 Å². The summed E-state index contributed by atoms with van der Waals surface area (Å²) in [6.07, 6.45) is -2.91. The van der Waals surface area contributed by atoms with Gasteiger partial charge in [-0.15, -0.1) is 0 Å². The molecule has 1 aliphatic rings. The normalized spacial score (nSPS) is 14.0. The summed E-state index contributed by atoms with van der Waals surface area (Å²) >= 11 is 0. The SMILES string of the molecule is FC(F)(F)c1ccc(COc2cccc(Nc3ncnc4cc5c(cc34)OCCOCCO5)c2)cc1. The molecule has 1 aliphatic heterocycles. The fraction of sp³-hybridized carbons (Fsp3) is 0.231. The predicted molar refractivity (Wildman–Crippen MR) is 127 cm³/mol. The second-order valence-corrected chi connectivity index (χ2v) is 7.98. The molecule has 7 nitrogen and oxygen atoms in total. The van der Waals surface area contributed by atoms with Gasteiger partial charge in [0, 0.05) is 23.2 Å². The van der Waals surface area contributed by atoms with E-state index in [1.165, 1.54) is 18.5 Å². The van der Waals surface area contributed by atoms with E-state index in [4.69, 9.17) is 18.9 Å². The Labute approximate surface area is 204 Å². The van der Waals surface area contributed by atoms with E-state index in [9.17, 15) is 13.2 Å². The Kier molecular flexibility index (Phi) is 6.77. The van der Waals surface area contributed by atoms with Crippen LogP contribution < -0.4 is 19.5 Å². The quantitative estimate of drug-likeness (QED) is 0.376. The highest BCUT2D eigenvalue weighted by molar-refractivity contribution is 5.93. The molecule has 3 aromatic carbocycles. The van der Waals surface area contributed by atoms with E-state index in [-0.39, 0.29) is 6.61 Å². The highest BCUT2D eigenvalue weighted by Gasteiger charge is 2.29. The molecule has 0 radical (unpaired) electrons. The van der Waals surface area contributed by atoms with Crippen molar-refractivity contribution >= 4 is 22.4 Å². The molecule has 0 bridgehead atoms. The molecule has 0 fully saturated rings. The molecule has 10 heteroatoms. The number of fused-ring (bicyclic) bond motifs is 2. The Bertz CT molecular complexity index is 1350. The first-order valence-corrected chi connectivity index (χ1v) is 11.2. The molecule has 1 aromatic heterocycles. The van der Waals surface area contributed by atoms with Crippen molar-refractivity contribution in [1.29, 1.82) is 0 Å². The zero-order chi connectivity index (χ0) is 25.0. The first-order valence-electron chi connectivity index (χ1n) is 11.2. The average Bonchev–Trinajstić information content (AvgIpc) is 2.98. The van der Waals surface area contributed by atoms with Gasteiger partial charge in [-0.05, 0) is 35.9 Å². The van der Waals surface area contributed by atoms with Crippen LogP contribution in [0.4, 0.5) is 24.7 Å². The van der Waals surface area contributed by atoms with Crippen LogP contribution in [0.25, 0.3) is 10.9 Å². The number of hydrogen-bond donors (Lipinski definition) is 1. The lowest BCUT2D eigenvalue weighted by Crippen LogP contribution is -2.08. The molecule has 0 atom stereocenters. The van der Waals surface area contributed by atoms with Crippen molar-refractivity contribution in [2.75, 3.05) is 31.7 Å². The summed E-state index contributed by atoms with van der Waals surface area (Å²) in [7, 11) is 0. The number of aromatic nitrogens is 2. The second kappa shape index (κ2) is 10.3. The minimum absolute atomic E-state index is 0.130. The number of nitrogens with one attached hydrogen (secondary N) is 1. The molecule has 0 saturated carbocycles. The zero-order valence-electron chi connectivity index (χ0n) is 19.0. The lowest BCUT2D eigenvalue weighted by molar-refractivity contribution is -0.137. The molecule has 5 rings (SSSR count). The number of benzene rings is 3. The molecule has 0 aliphatic carbocycles. The highest BCUT2D eigenvalue weighted by atomic mass is 19.4. The Balaban J connectivity index is 1.33. The van der Waals surface area contributed by atoms with Crippen LogP contribution in [0.5, 0.6) is 17.2 Å². The summed E-state index contributed by atoms with van der Waals surface area (Å²) in [4.78, 5) is 8.74. The molecule has 36 heavy (non-hydrogen) atoms. The molecule has 2 heterocycles. The van der Waals surface area contributed by atoms with Crippen LogP contribution in [0.1, 0.15) is 11.1 Å². The van der Waals surface area contributed by atoms with E-state index in [0.29, 0.717) is 66.3 Å². The second-order valence-electron chi connectivity index (χ2n) is 7.98. The van der Waals surface area contributed by atoms with E-state index in [2.05, 4.69) is 15.3 Å². The standard InChI is InChI=1S/C26H22F3N3O4/c27-26(28,29)18-6-4-17(5-7-18)15-36-20-3-1-2-19(12-20)32-25-21-13-23-24(14-22(21)30-16-31-25)35-11-9-33-8-10-34-23/h1-7,12-14,16H,8-11,15H2,(H,30,31,32). The van der Waals surface area contributed by atoms with E-state index >= 15 is 0 Å². The first-order chi connectivity index (χ1) is 17.5. The largest absolute Gasteiger partial charge is 0.489 e. The van der Waals surface area contributed by atoms with Gasteiger partial charge in [-0.2, -0.15) is 13.2 Å². The predicted octanol–water partition coefficient (Wildman–Crippen LogP) is 5.76. The minimum atomic E-state index is -4.37. The Hall–Kier alpha value is -4.05. The van der Waals surface area contributed by atoms with Crippen LogP contribution in [0.15, 0.2) is 67.0 Å². The summed E-state index contributed by atoms with van der Waals surface area (Å²) in [6, 6.07) is 15.8. The van der Waals surface area contributed by atoms with Gasteiger partial charge in [0.25, 0.3) is 0 Å². The molecular weight excluding hydrogens is 475 g/mol. The third kappa shape index (κ3) is 5.60. The van der Waals surface area contributed by atoms with Crippen LogP contribution in [0.2, 0.25) is 0 Å². The number of rotatable bonds is 5. The molecule has 0 saturated heterocycles. The summed E-state index contributed by atoms with van der Waals surface area (Å²) < 4.78 is 61.1. The molecule has 0 unspecified atom stereocenters. The van der Waals surface area contributed by atoms with Crippen molar-refractivity contribution in [1.82, 2.24) is 9.97 Å². The monoisotopic (exact) mass is 497 g/mol. The van der Waals surface area contributed by atoms with Gasteiger partial charge < -0.3 is 24.3 Å². The zero-order valence-corrected chi connectivity index (χ0v) is 19.0. The first kappa shape index (κ1) is 23.7. The van der Waals surface area contributed by atoms with E-state index < -0.39 is 11.7 Å². The number of alkyl halides is 3.